The Hall–Kier alpha value is -1.61. The van der Waals surface area contributed by atoms with Crippen LogP contribution in [-0.4, -0.2) is 34.9 Å². The number of aliphatic imine (C=N–C) groups is 1. The number of nitrogens with one attached hydrogen (secondary N) is 2. The maximum Gasteiger partial charge on any atom is 0.191 e. The van der Waals surface area contributed by atoms with Crippen LogP contribution in [0.1, 0.15) is 48.8 Å². The highest BCUT2D eigenvalue weighted by Crippen LogP contribution is 2.14. The minimum absolute atomic E-state index is 0. The molecular weight excluding hydrogens is 477 g/mol. The zero-order valence-corrected chi connectivity index (χ0v) is 21.1. The Morgan fingerprint density at radius 1 is 1.14 bits per heavy atom. The minimum atomic E-state index is 0. The van der Waals surface area contributed by atoms with E-state index in [4.69, 9.17) is 4.74 Å². The van der Waals surface area contributed by atoms with Crippen LogP contribution in [0.2, 0.25) is 0 Å². The zero-order chi connectivity index (χ0) is 20.7. The lowest BCUT2D eigenvalue weighted by atomic mass is 10.1. The standard InChI is InChI=1S/C22H35N5O.HI/c1-15(2)28-14-20-10-8-19(9-11-20)13-24-22(23-6)25-16(3)12-21-17(4)26-27(7)18(21)5;/h8-11,15-16H,12-14H2,1-7H3,(H2,23,24,25);1H. The molecule has 0 aliphatic carbocycles. The third kappa shape index (κ3) is 7.97. The van der Waals surface area contributed by atoms with Gasteiger partial charge in [-0.15, -0.1) is 24.0 Å². The van der Waals surface area contributed by atoms with Crippen molar-refractivity contribution in [1.82, 2.24) is 20.4 Å². The molecule has 0 aliphatic rings. The fourth-order valence-electron chi connectivity index (χ4n) is 3.10. The highest BCUT2D eigenvalue weighted by molar-refractivity contribution is 14.0. The molecule has 2 rings (SSSR count). The summed E-state index contributed by atoms with van der Waals surface area (Å²) in [6.07, 6.45) is 1.16. The molecule has 0 radical (unpaired) electrons. The van der Waals surface area contributed by atoms with Gasteiger partial charge in [-0.25, -0.2) is 0 Å². The van der Waals surface area contributed by atoms with E-state index in [1.54, 1.807) is 7.05 Å². The average molecular weight is 513 g/mol. The van der Waals surface area contributed by atoms with E-state index in [-0.39, 0.29) is 36.1 Å². The lowest BCUT2D eigenvalue weighted by molar-refractivity contribution is 0.0657. The molecule has 0 aliphatic heterocycles. The fourth-order valence-corrected chi connectivity index (χ4v) is 3.10. The van der Waals surface area contributed by atoms with Gasteiger partial charge >= 0.3 is 0 Å². The first-order chi connectivity index (χ1) is 13.3. The molecule has 162 valence electrons. The van der Waals surface area contributed by atoms with Gasteiger partial charge in [-0.3, -0.25) is 9.67 Å². The molecule has 0 spiro atoms. The van der Waals surface area contributed by atoms with Gasteiger partial charge in [-0.2, -0.15) is 5.10 Å². The average Bonchev–Trinajstić information content (AvgIpc) is 2.90. The zero-order valence-electron chi connectivity index (χ0n) is 18.7. The van der Waals surface area contributed by atoms with Crippen molar-refractivity contribution in [2.24, 2.45) is 12.0 Å². The van der Waals surface area contributed by atoms with E-state index in [0.717, 1.165) is 24.6 Å². The molecule has 0 fully saturated rings. The van der Waals surface area contributed by atoms with E-state index in [1.165, 1.54) is 22.4 Å². The van der Waals surface area contributed by atoms with Gasteiger partial charge in [-0.05, 0) is 57.7 Å². The molecule has 7 heteroatoms. The highest BCUT2D eigenvalue weighted by atomic mass is 127. The van der Waals surface area contributed by atoms with Crippen molar-refractivity contribution in [1.29, 1.82) is 0 Å². The summed E-state index contributed by atoms with van der Waals surface area (Å²) in [6.45, 7) is 11.8. The number of aromatic nitrogens is 2. The van der Waals surface area contributed by atoms with Gasteiger partial charge in [0.1, 0.15) is 0 Å². The molecule has 6 nitrogen and oxygen atoms in total. The smallest absolute Gasteiger partial charge is 0.191 e. The first kappa shape index (κ1) is 25.4. The number of hydrogen-bond donors (Lipinski definition) is 2. The molecule has 2 N–H and O–H groups in total. The van der Waals surface area contributed by atoms with Crippen molar-refractivity contribution in [2.45, 2.75) is 66.3 Å². The SMILES string of the molecule is CN=C(NCc1ccc(COC(C)C)cc1)NC(C)Cc1c(C)nn(C)c1C.I. The van der Waals surface area contributed by atoms with Crippen LogP contribution >= 0.6 is 24.0 Å². The number of rotatable bonds is 8. The van der Waals surface area contributed by atoms with Crippen molar-refractivity contribution >= 4 is 29.9 Å². The summed E-state index contributed by atoms with van der Waals surface area (Å²) in [5, 5.41) is 11.4. The van der Waals surface area contributed by atoms with Gasteiger partial charge in [0.05, 0.1) is 18.4 Å². The first-order valence-corrected chi connectivity index (χ1v) is 9.95. The predicted octanol–water partition coefficient (Wildman–Crippen LogP) is 3.88. The lowest BCUT2D eigenvalue weighted by Crippen LogP contribution is -2.42. The van der Waals surface area contributed by atoms with E-state index >= 15 is 0 Å². The molecule has 0 saturated heterocycles. The summed E-state index contributed by atoms with van der Waals surface area (Å²) >= 11 is 0. The predicted molar refractivity (Wildman–Crippen MR) is 131 cm³/mol. The van der Waals surface area contributed by atoms with E-state index in [0.29, 0.717) is 6.61 Å². The summed E-state index contributed by atoms with van der Waals surface area (Å²) in [5.41, 5.74) is 6.02. The lowest BCUT2D eigenvalue weighted by Gasteiger charge is -2.18. The Balaban J connectivity index is 0.00000420. The normalized spacial score (nSPS) is 12.6. The number of benzene rings is 1. The van der Waals surface area contributed by atoms with Crippen LogP contribution in [-0.2, 0) is 31.4 Å². The van der Waals surface area contributed by atoms with Crippen LogP contribution in [0.25, 0.3) is 0 Å². The van der Waals surface area contributed by atoms with Gasteiger partial charge in [0.2, 0.25) is 0 Å². The molecule has 0 saturated carbocycles. The van der Waals surface area contributed by atoms with E-state index in [2.05, 4.69) is 79.6 Å². The molecule has 0 bridgehead atoms. The third-order valence-electron chi connectivity index (χ3n) is 4.84. The fraction of sp³-hybridized carbons (Fsp3) is 0.545. The third-order valence-corrected chi connectivity index (χ3v) is 4.84. The van der Waals surface area contributed by atoms with Gasteiger partial charge in [-0.1, -0.05) is 24.3 Å². The number of hydrogen-bond acceptors (Lipinski definition) is 3. The second-order valence-corrected chi connectivity index (χ2v) is 7.62. The quantitative estimate of drug-likeness (QED) is 0.320. The van der Waals surface area contributed by atoms with Crippen molar-refractivity contribution in [2.75, 3.05) is 7.05 Å². The van der Waals surface area contributed by atoms with Crippen LogP contribution in [0.5, 0.6) is 0 Å². The Morgan fingerprint density at radius 3 is 2.28 bits per heavy atom. The number of nitrogens with zero attached hydrogens (tertiary/aromatic N) is 3. The number of ether oxygens (including phenoxy) is 1. The van der Waals surface area contributed by atoms with Gasteiger partial charge < -0.3 is 15.4 Å². The summed E-state index contributed by atoms with van der Waals surface area (Å²) in [7, 11) is 3.79. The van der Waals surface area contributed by atoms with Gasteiger partial charge in [0.15, 0.2) is 5.96 Å². The Bertz CT molecular complexity index is 783. The topological polar surface area (TPSA) is 63.5 Å². The first-order valence-electron chi connectivity index (χ1n) is 9.95. The summed E-state index contributed by atoms with van der Waals surface area (Å²) in [4.78, 5) is 4.35. The molecule has 2 aromatic rings. The Kier molecular flexibility index (Phi) is 10.7. The Labute approximate surface area is 192 Å². The van der Waals surface area contributed by atoms with Crippen LogP contribution < -0.4 is 10.6 Å². The second-order valence-electron chi connectivity index (χ2n) is 7.62. The van der Waals surface area contributed by atoms with Gasteiger partial charge in [0.25, 0.3) is 0 Å². The van der Waals surface area contributed by atoms with E-state index < -0.39 is 0 Å². The van der Waals surface area contributed by atoms with Crippen LogP contribution in [0.15, 0.2) is 29.3 Å². The van der Waals surface area contributed by atoms with Crippen molar-refractivity contribution in [3.63, 3.8) is 0 Å². The van der Waals surface area contributed by atoms with Crippen LogP contribution in [0.3, 0.4) is 0 Å². The van der Waals surface area contributed by atoms with Crippen LogP contribution in [0.4, 0.5) is 0 Å². The van der Waals surface area contributed by atoms with Gasteiger partial charge in [0, 0.05) is 32.4 Å². The Morgan fingerprint density at radius 2 is 1.76 bits per heavy atom. The second kappa shape index (κ2) is 12.2. The molecular formula is C22H36IN5O. The molecule has 29 heavy (non-hydrogen) atoms. The maximum absolute atomic E-state index is 5.64. The summed E-state index contributed by atoms with van der Waals surface area (Å²) < 4.78 is 7.59. The van der Waals surface area contributed by atoms with Crippen molar-refractivity contribution < 1.29 is 4.74 Å². The van der Waals surface area contributed by atoms with E-state index in [1.807, 2.05) is 11.7 Å². The number of halogens is 1. The summed E-state index contributed by atoms with van der Waals surface area (Å²) in [6, 6.07) is 8.75. The van der Waals surface area contributed by atoms with Crippen molar-refractivity contribution in [3.8, 4) is 0 Å². The monoisotopic (exact) mass is 513 g/mol. The van der Waals surface area contributed by atoms with Crippen LogP contribution in [0, 0.1) is 13.8 Å². The maximum atomic E-state index is 5.64. The minimum Gasteiger partial charge on any atom is -0.374 e. The van der Waals surface area contributed by atoms with Crippen molar-refractivity contribution in [3.05, 3.63) is 52.3 Å². The molecule has 1 aromatic carbocycles. The molecule has 0 amide bonds. The molecule has 1 unspecified atom stereocenters. The largest absolute Gasteiger partial charge is 0.374 e. The number of aryl methyl sites for hydroxylation is 2. The number of guanidine groups is 1. The summed E-state index contributed by atoms with van der Waals surface area (Å²) in [5.74, 6) is 0.805. The highest BCUT2D eigenvalue weighted by Gasteiger charge is 2.14. The molecule has 1 atom stereocenters. The molecule has 1 aromatic heterocycles. The van der Waals surface area contributed by atoms with E-state index in [9.17, 15) is 0 Å². The molecule has 1 heterocycles.